The zero-order valence-electron chi connectivity index (χ0n) is 9.05. The van der Waals surface area contributed by atoms with Gasteiger partial charge in [-0.25, -0.2) is 4.98 Å². The van der Waals surface area contributed by atoms with E-state index in [0.29, 0.717) is 5.88 Å². The second-order valence-electron chi connectivity index (χ2n) is 3.53. The Bertz CT molecular complexity index is 299. The highest BCUT2D eigenvalue weighted by Crippen LogP contribution is 2.15. The molecule has 0 radical (unpaired) electrons. The van der Waals surface area contributed by atoms with Gasteiger partial charge in [-0.1, -0.05) is 6.92 Å². The van der Waals surface area contributed by atoms with Gasteiger partial charge in [-0.05, 0) is 31.0 Å². The van der Waals surface area contributed by atoms with Crippen LogP contribution in [0.5, 0.6) is 0 Å². The molecule has 1 aromatic heterocycles. The van der Waals surface area contributed by atoms with Crippen molar-refractivity contribution in [1.29, 1.82) is 0 Å². The van der Waals surface area contributed by atoms with E-state index in [4.69, 9.17) is 11.6 Å². The Kier molecular flexibility index (Phi) is 4.21. The normalized spacial score (nSPS) is 10.3. The number of hydrogen-bond acceptors (Lipinski definition) is 2. The first kappa shape index (κ1) is 11.3. The summed E-state index contributed by atoms with van der Waals surface area (Å²) in [5.74, 6) is 1.57. The molecule has 0 atom stereocenters. The molecule has 0 aliphatic rings. The summed E-state index contributed by atoms with van der Waals surface area (Å²) in [5.41, 5.74) is 2.17. The molecule has 0 spiro atoms. The van der Waals surface area contributed by atoms with E-state index in [-0.39, 0.29) is 0 Å². The van der Waals surface area contributed by atoms with E-state index in [9.17, 15) is 0 Å². The van der Waals surface area contributed by atoms with Crippen LogP contribution in [0, 0.1) is 6.92 Å². The van der Waals surface area contributed by atoms with Crippen LogP contribution >= 0.6 is 11.6 Å². The van der Waals surface area contributed by atoms with Crippen molar-refractivity contribution in [3.05, 3.63) is 23.4 Å². The maximum Gasteiger partial charge on any atom is 0.128 e. The maximum absolute atomic E-state index is 5.81. The van der Waals surface area contributed by atoms with Crippen LogP contribution in [0.3, 0.4) is 0 Å². The Morgan fingerprint density at radius 3 is 2.71 bits per heavy atom. The molecule has 1 rings (SSSR count). The van der Waals surface area contributed by atoms with Crippen LogP contribution in [0.4, 0.5) is 5.82 Å². The number of aryl methyl sites for hydroxylation is 1. The molecule has 14 heavy (non-hydrogen) atoms. The molecular weight excluding hydrogens is 196 g/mol. The Hall–Kier alpha value is -0.760. The zero-order valence-corrected chi connectivity index (χ0v) is 9.80. The lowest BCUT2D eigenvalue weighted by Crippen LogP contribution is -2.19. The lowest BCUT2D eigenvalue weighted by atomic mass is 10.2. The van der Waals surface area contributed by atoms with Crippen LogP contribution in [0.15, 0.2) is 12.1 Å². The molecule has 3 heteroatoms. The molecule has 0 aromatic carbocycles. The minimum Gasteiger partial charge on any atom is -0.360 e. The zero-order chi connectivity index (χ0) is 10.6. The van der Waals surface area contributed by atoms with Gasteiger partial charge >= 0.3 is 0 Å². The highest BCUT2D eigenvalue weighted by Gasteiger charge is 2.03. The summed E-state index contributed by atoms with van der Waals surface area (Å²) in [5, 5.41) is 0. The van der Waals surface area contributed by atoms with E-state index in [1.807, 2.05) is 13.0 Å². The molecule has 0 saturated carbocycles. The van der Waals surface area contributed by atoms with E-state index >= 15 is 0 Å². The number of pyridine rings is 1. The molecule has 0 N–H and O–H groups in total. The first-order valence-corrected chi connectivity index (χ1v) is 5.45. The Morgan fingerprint density at radius 1 is 1.43 bits per heavy atom. The average Bonchev–Trinajstić information content (AvgIpc) is 2.17. The van der Waals surface area contributed by atoms with Crippen LogP contribution in [0.25, 0.3) is 0 Å². The fraction of sp³-hybridized carbons (Fsp3) is 0.545. The van der Waals surface area contributed by atoms with Crippen molar-refractivity contribution in [2.24, 2.45) is 0 Å². The lowest BCUT2D eigenvalue weighted by molar-refractivity contribution is 0.834. The van der Waals surface area contributed by atoms with E-state index in [1.165, 1.54) is 0 Å². The van der Waals surface area contributed by atoms with Crippen LogP contribution in [0.2, 0.25) is 0 Å². The number of nitrogens with zero attached hydrogens (tertiary/aromatic N) is 2. The van der Waals surface area contributed by atoms with Crippen molar-refractivity contribution in [2.45, 2.75) is 26.1 Å². The second kappa shape index (κ2) is 5.20. The summed E-state index contributed by atoms with van der Waals surface area (Å²) in [4.78, 5) is 6.62. The molecule has 0 amide bonds. The number of alkyl halides is 1. The molecule has 0 fully saturated rings. The molecule has 0 saturated heterocycles. The fourth-order valence-electron chi connectivity index (χ4n) is 1.44. The number of anilines is 1. The quantitative estimate of drug-likeness (QED) is 0.714. The third-order valence-corrected chi connectivity index (χ3v) is 2.41. The van der Waals surface area contributed by atoms with E-state index < -0.39 is 0 Å². The number of aromatic nitrogens is 1. The summed E-state index contributed by atoms with van der Waals surface area (Å²) in [6.07, 6.45) is 1.13. The number of rotatable bonds is 4. The molecule has 0 bridgehead atoms. The monoisotopic (exact) mass is 212 g/mol. The smallest absolute Gasteiger partial charge is 0.128 e. The Balaban J connectivity index is 2.90. The maximum atomic E-state index is 5.81. The molecule has 2 nitrogen and oxygen atoms in total. The largest absolute Gasteiger partial charge is 0.360 e. The number of hydrogen-bond donors (Lipinski definition) is 0. The third-order valence-electron chi connectivity index (χ3n) is 2.10. The first-order valence-electron chi connectivity index (χ1n) is 4.92. The summed E-state index contributed by atoms with van der Waals surface area (Å²) >= 11 is 5.81. The summed E-state index contributed by atoms with van der Waals surface area (Å²) in [6.45, 7) is 5.19. The highest BCUT2D eigenvalue weighted by molar-refractivity contribution is 6.17. The molecule has 0 aliphatic heterocycles. The van der Waals surface area contributed by atoms with Crippen molar-refractivity contribution in [3.63, 3.8) is 0 Å². The van der Waals surface area contributed by atoms with Gasteiger partial charge in [0.25, 0.3) is 0 Å². The van der Waals surface area contributed by atoms with Crippen molar-refractivity contribution in [1.82, 2.24) is 4.98 Å². The van der Waals surface area contributed by atoms with Crippen LogP contribution < -0.4 is 4.90 Å². The summed E-state index contributed by atoms with van der Waals surface area (Å²) in [7, 11) is 2.06. The van der Waals surface area contributed by atoms with Gasteiger partial charge in [-0.2, -0.15) is 0 Å². The third kappa shape index (κ3) is 2.88. The molecule has 0 unspecified atom stereocenters. The van der Waals surface area contributed by atoms with Crippen LogP contribution in [-0.4, -0.2) is 18.6 Å². The first-order chi connectivity index (χ1) is 6.67. The number of halogens is 1. The molecule has 78 valence electrons. The SMILES string of the molecule is CCCN(C)c1cc(CCl)cc(C)n1. The van der Waals surface area contributed by atoms with Gasteiger partial charge in [0.1, 0.15) is 5.82 Å². The standard InChI is InChI=1S/C11H17ClN2/c1-4-5-14(3)11-7-10(8-12)6-9(2)13-11/h6-7H,4-5,8H2,1-3H3. The van der Waals surface area contributed by atoms with Crippen LogP contribution in [-0.2, 0) is 5.88 Å². The van der Waals surface area contributed by atoms with Crippen molar-refractivity contribution in [3.8, 4) is 0 Å². The van der Waals surface area contributed by atoms with E-state index in [0.717, 1.165) is 30.0 Å². The van der Waals surface area contributed by atoms with Gasteiger partial charge in [-0.15, -0.1) is 11.6 Å². The molecule has 1 heterocycles. The predicted octanol–water partition coefficient (Wildman–Crippen LogP) is 2.98. The topological polar surface area (TPSA) is 16.1 Å². The minimum absolute atomic E-state index is 0.552. The van der Waals surface area contributed by atoms with Gasteiger partial charge < -0.3 is 4.90 Å². The van der Waals surface area contributed by atoms with Gasteiger partial charge in [0.15, 0.2) is 0 Å². The van der Waals surface area contributed by atoms with Crippen molar-refractivity contribution >= 4 is 17.4 Å². The molecule has 1 aromatic rings. The molecule has 0 aliphatic carbocycles. The summed E-state index contributed by atoms with van der Waals surface area (Å²) in [6, 6.07) is 4.08. The van der Waals surface area contributed by atoms with Crippen molar-refractivity contribution < 1.29 is 0 Å². The second-order valence-corrected chi connectivity index (χ2v) is 3.80. The van der Waals surface area contributed by atoms with E-state index in [2.05, 4.69) is 29.9 Å². The van der Waals surface area contributed by atoms with Gasteiger partial charge in [0.2, 0.25) is 0 Å². The van der Waals surface area contributed by atoms with Crippen LogP contribution in [0.1, 0.15) is 24.6 Å². The fourth-order valence-corrected chi connectivity index (χ4v) is 1.60. The van der Waals surface area contributed by atoms with Gasteiger partial charge in [-0.3, -0.25) is 0 Å². The average molecular weight is 213 g/mol. The Morgan fingerprint density at radius 2 is 2.14 bits per heavy atom. The minimum atomic E-state index is 0.552. The van der Waals surface area contributed by atoms with Gasteiger partial charge in [0.05, 0.1) is 0 Å². The van der Waals surface area contributed by atoms with E-state index in [1.54, 1.807) is 0 Å². The van der Waals surface area contributed by atoms with Gasteiger partial charge in [0, 0.05) is 25.2 Å². The summed E-state index contributed by atoms with van der Waals surface area (Å²) < 4.78 is 0. The lowest BCUT2D eigenvalue weighted by Gasteiger charge is -2.18. The highest BCUT2D eigenvalue weighted by atomic mass is 35.5. The predicted molar refractivity (Wildman–Crippen MR) is 62.1 cm³/mol. The Labute approximate surface area is 90.9 Å². The van der Waals surface area contributed by atoms with Crippen molar-refractivity contribution in [2.75, 3.05) is 18.5 Å². The molecular formula is C11H17ClN2.